The quantitative estimate of drug-likeness (QED) is 0.200. The van der Waals surface area contributed by atoms with Crippen LogP contribution in [0.5, 0.6) is 0 Å². The number of aromatic nitrogens is 3. The molecule has 5 N–H and O–H groups in total. The van der Waals surface area contributed by atoms with Gasteiger partial charge in [0.25, 0.3) is 11.1 Å². The number of hydrogen-bond acceptors (Lipinski definition) is 7. The predicted octanol–water partition coefficient (Wildman–Crippen LogP) is 5.33. The minimum Gasteiger partial charge on any atom is -0.399 e. The van der Waals surface area contributed by atoms with Crippen molar-refractivity contribution < 1.29 is 4.39 Å². The molecule has 1 saturated carbocycles. The van der Waals surface area contributed by atoms with Crippen LogP contribution >= 0.6 is 12.6 Å². The number of anilines is 3. The Morgan fingerprint density at radius 1 is 1.03 bits per heavy atom. The molecule has 0 saturated heterocycles. The van der Waals surface area contributed by atoms with Crippen molar-refractivity contribution >= 4 is 40.6 Å². The van der Waals surface area contributed by atoms with Crippen LogP contribution in [0.3, 0.4) is 0 Å². The maximum absolute atomic E-state index is 14.7. The Morgan fingerprint density at radius 2 is 1.67 bits per heavy atom. The number of pyridine rings is 1. The fourth-order valence-corrected chi connectivity index (χ4v) is 4.19. The first-order chi connectivity index (χ1) is 18.8. The molecule has 0 atom stereocenters. The van der Waals surface area contributed by atoms with Crippen molar-refractivity contribution in [2.75, 3.05) is 24.4 Å². The Kier molecular flexibility index (Phi) is 11.3. The summed E-state index contributed by atoms with van der Waals surface area (Å²) < 4.78 is 17.6. The monoisotopic (exact) mass is 554 g/mol. The summed E-state index contributed by atoms with van der Waals surface area (Å²) in [6, 6.07) is 12.0. The first-order valence-electron chi connectivity index (χ1n) is 12.8. The second kappa shape index (κ2) is 14.0. The molecule has 2 heterocycles. The van der Waals surface area contributed by atoms with E-state index in [9.17, 15) is 14.0 Å². The molecule has 0 radical (unpaired) electrons. The van der Waals surface area contributed by atoms with Crippen LogP contribution in [0, 0.1) is 19.7 Å². The highest BCUT2D eigenvalue weighted by Gasteiger charge is 2.30. The summed E-state index contributed by atoms with van der Waals surface area (Å²) in [5.41, 5.74) is 13.6. The van der Waals surface area contributed by atoms with Gasteiger partial charge in [-0.15, -0.1) is 0 Å². The highest BCUT2D eigenvalue weighted by Crippen LogP contribution is 2.37. The van der Waals surface area contributed by atoms with Gasteiger partial charge in [-0.2, -0.15) is 17.7 Å². The van der Waals surface area contributed by atoms with Crippen molar-refractivity contribution in [3.8, 4) is 11.3 Å². The topological polar surface area (TPSA) is 121 Å². The lowest BCUT2D eigenvalue weighted by atomic mass is 10.0. The molecule has 1 aliphatic carbocycles. The second-order valence-corrected chi connectivity index (χ2v) is 8.65. The van der Waals surface area contributed by atoms with E-state index in [0.717, 1.165) is 18.4 Å². The third kappa shape index (κ3) is 6.51. The summed E-state index contributed by atoms with van der Waals surface area (Å²) in [4.78, 5) is 26.8. The van der Waals surface area contributed by atoms with Gasteiger partial charge in [-0.1, -0.05) is 32.0 Å². The van der Waals surface area contributed by atoms with Crippen LogP contribution in [0.2, 0.25) is 0 Å². The van der Waals surface area contributed by atoms with E-state index >= 15 is 0 Å². The molecule has 5 rings (SSSR count). The third-order valence-corrected chi connectivity index (χ3v) is 6.11. The Labute approximate surface area is 234 Å². The Bertz CT molecular complexity index is 1560. The molecule has 0 amide bonds. The highest BCUT2D eigenvalue weighted by molar-refractivity contribution is 7.79. The van der Waals surface area contributed by atoms with Crippen molar-refractivity contribution in [2.24, 2.45) is 12.8 Å². The molecule has 8 nitrogen and oxygen atoms in total. The van der Waals surface area contributed by atoms with Crippen molar-refractivity contribution in [1.29, 1.82) is 0 Å². The molecule has 39 heavy (non-hydrogen) atoms. The molecule has 1 aliphatic rings. The van der Waals surface area contributed by atoms with E-state index in [1.165, 1.54) is 22.4 Å². The smallest absolute Gasteiger partial charge is 0.278 e. The number of aryl methyl sites for hydroxylation is 2. The fraction of sp³-hybridized carbons (Fsp3) is 0.345. The first kappa shape index (κ1) is 31.6. The van der Waals surface area contributed by atoms with E-state index in [1.807, 2.05) is 19.9 Å². The summed E-state index contributed by atoms with van der Waals surface area (Å²) in [5.74, 6) is -0.462. The number of nitrogen functional groups attached to an aromatic ring is 1. The molecule has 2 aromatic carbocycles. The van der Waals surface area contributed by atoms with E-state index in [1.54, 1.807) is 57.5 Å². The van der Waals surface area contributed by atoms with Gasteiger partial charge in [0, 0.05) is 23.9 Å². The SMILES string of the molecule is CC.CN.CS.Cc1ccc(Nc2c(C)c(=O)n(C)c3c(-c4cccc(N)c4)nn(C4CC4)c(=O)c23)c(F)c1. The lowest BCUT2D eigenvalue weighted by Gasteiger charge is -2.19. The Morgan fingerprint density at radius 3 is 2.23 bits per heavy atom. The molecule has 0 spiro atoms. The number of rotatable bonds is 4. The molecule has 4 aromatic rings. The minimum absolute atomic E-state index is 0.00297. The van der Waals surface area contributed by atoms with Crippen LogP contribution < -0.4 is 27.9 Å². The molecule has 0 aliphatic heterocycles. The number of nitrogens with two attached hydrogens (primary N) is 2. The van der Waals surface area contributed by atoms with Crippen molar-refractivity contribution in [1.82, 2.24) is 14.3 Å². The number of halogens is 1. The second-order valence-electron chi connectivity index (χ2n) is 8.65. The van der Waals surface area contributed by atoms with E-state index in [4.69, 9.17) is 5.73 Å². The van der Waals surface area contributed by atoms with Crippen LogP contribution in [-0.4, -0.2) is 27.7 Å². The van der Waals surface area contributed by atoms with Crippen LogP contribution in [0.1, 0.15) is 43.9 Å². The van der Waals surface area contributed by atoms with Crippen molar-refractivity contribution in [3.63, 3.8) is 0 Å². The average molecular weight is 555 g/mol. The molecular formula is C29H39FN6O2S. The molecule has 10 heteroatoms. The molecule has 1 fully saturated rings. The lowest BCUT2D eigenvalue weighted by molar-refractivity contribution is 0.607. The number of benzene rings is 2. The van der Waals surface area contributed by atoms with Gasteiger partial charge in [-0.3, -0.25) is 9.59 Å². The molecule has 0 unspecified atom stereocenters. The van der Waals surface area contributed by atoms with Crippen LogP contribution in [0.4, 0.5) is 21.5 Å². The summed E-state index contributed by atoms with van der Waals surface area (Å²) in [5, 5.41) is 8.01. The minimum atomic E-state index is -0.462. The largest absolute Gasteiger partial charge is 0.399 e. The van der Waals surface area contributed by atoms with E-state index in [0.29, 0.717) is 39.1 Å². The zero-order valence-electron chi connectivity index (χ0n) is 23.7. The average Bonchev–Trinajstić information content (AvgIpc) is 3.80. The van der Waals surface area contributed by atoms with Gasteiger partial charge in [-0.05, 0) is 69.8 Å². The summed E-state index contributed by atoms with van der Waals surface area (Å²) >= 11 is 3.53. The van der Waals surface area contributed by atoms with Gasteiger partial charge in [0.15, 0.2) is 0 Å². The fourth-order valence-electron chi connectivity index (χ4n) is 4.19. The number of nitrogens with one attached hydrogen (secondary N) is 1. The number of nitrogens with zero attached hydrogens (tertiary/aromatic N) is 3. The van der Waals surface area contributed by atoms with Gasteiger partial charge < -0.3 is 21.4 Å². The Hall–Kier alpha value is -3.63. The van der Waals surface area contributed by atoms with Gasteiger partial charge in [0.2, 0.25) is 0 Å². The summed E-state index contributed by atoms with van der Waals surface area (Å²) in [6.45, 7) is 7.43. The van der Waals surface area contributed by atoms with Gasteiger partial charge in [0.05, 0.1) is 28.3 Å². The van der Waals surface area contributed by atoms with Gasteiger partial charge in [0.1, 0.15) is 11.5 Å². The normalized spacial score (nSPS) is 11.8. The lowest BCUT2D eigenvalue weighted by Crippen LogP contribution is -2.29. The van der Waals surface area contributed by atoms with Crippen LogP contribution in [0.25, 0.3) is 22.2 Å². The number of hydrogen-bond donors (Lipinski definition) is 4. The summed E-state index contributed by atoms with van der Waals surface area (Å²) in [6.07, 6.45) is 3.41. The molecule has 210 valence electrons. The van der Waals surface area contributed by atoms with Gasteiger partial charge >= 0.3 is 0 Å². The van der Waals surface area contributed by atoms with E-state index in [-0.39, 0.29) is 22.8 Å². The Balaban J connectivity index is 0.000000833. The van der Waals surface area contributed by atoms with Crippen LogP contribution in [0.15, 0.2) is 52.1 Å². The van der Waals surface area contributed by atoms with Crippen molar-refractivity contribution in [2.45, 2.75) is 46.6 Å². The maximum Gasteiger partial charge on any atom is 0.278 e. The molecular weight excluding hydrogens is 515 g/mol. The first-order valence-corrected chi connectivity index (χ1v) is 13.7. The highest BCUT2D eigenvalue weighted by atomic mass is 32.1. The molecule has 0 bridgehead atoms. The number of thiol groups is 1. The zero-order valence-corrected chi connectivity index (χ0v) is 24.6. The standard InChI is InChI=1S/C25H24FN5O2.C2H6.CH5N.CH4S/c1-13-7-10-19(18(26)11-13)28-21-14(2)24(32)30(3)23-20(21)25(33)31(17-8-9-17)29-22(23)15-5-4-6-16(27)12-15;3*1-2/h4-7,10-12,17,28H,8-9,27H2,1-3H3;1-2H3;2H2,1H3;2H,1H3. The maximum atomic E-state index is 14.7. The van der Waals surface area contributed by atoms with Gasteiger partial charge in [-0.25, -0.2) is 9.07 Å². The van der Waals surface area contributed by atoms with E-state index < -0.39 is 5.82 Å². The number of fused-ring (bicyclic) bond motifs is 1. The third-order valence-electron chi connectivity index (χ3n) is 6.11. The summed E-state index contributed by atoms with van der Waals surface area (Å²) in [7, 11) is 3.12. The van der Waals surface area contributed by atoms with Crippen molar-refractivity contribution in [3.05, 3.63) is 80.1 Å². The van der Waals surface area contributed by atoms with E-state index in [2.05, 4.69) is 28.8 Å². The van der Waals surface area contributed by atoms with Crippen LogP contribution in [-0.2, 0) is 7.05 Å². The predicted molar refractivity (Wildman–Crippen MR) is 165 cm³/mol. The molecule has 2 aromatic heterocycles. The zero-order chi connectivity index (χ0) is 29.4.